The van der Waals surface area contributed by atoms with E-state index in [-0.39, 0.29) is 22.9 Å². The number of carbonyl (C=O) groups excluding carboxylic acids is 2. The fourth-order valence-electron chi connectivity index (χ4n) is 4.80. The van der Waals surface area contributed by atoms with Gasteiger partial charge >= 0.3 is 0 Å². The second-order valence-electron chi connectivity index (χ2n) is 9.01. The van der Waals surface area contributed by atoms with Crippen molar-refractivity contribution in [2.75, 3.05) is 22.9 Å². The molecule has 0 atom stereocenters. The number of nitrogens with zero attached hydrogens (tertiary/aromatic N) is 2. The molecule has 0 N–H and O–H groups in total. The highest BCUT2D eigenvalue weighted by molar-refractivity contribution is 6.21. The maximum absolute atomic E-state index is 14.5. The summed E-state index contributed by atoms with van der Waals surface area (Å²) >= 11 is 0. The van der Waals surface area contributed by atoms with Crippen LogP contribution in [0.5, 0.6) is 0 Å². The normalized spacial score (nSPS) is 10.7. The van der Waals surface area contributed by atoms with Crippen LogP contribution in [0.3, 0.4) is 0 Å². The Hall–Kier alpha value is -4.90. The first-order valence-electron chi connectivity index (χ1n) is 13.2. The molecule has 194 valence electrons. The average molecular weight is 515 g/mol. The van der Waals surface area contributed by atoms with E-state index in [2.05, 4.69) is 0 Å². The molecule has 0 saturated heterocycles. The van der Waals surface area contributed by atoms with Crippen LogP contribution in [-0.4, -0.2) is 24.9 Å². The molecule has 2 amide bonds. The molecule has 0 saturated carbocycles. The van der Waals surface area contributed by atoms with Crippen LogP contribution in [0.4, 0.5) is 11.4 Å². The third-order valence-electron chi connectivity index (χ3n) is 6.67. The van der Waals surface area contributed by atoms with Crippen molar-refractivity contribution >= 4 is 23.2 Å². The van der Waals surface area contributed by atoms with Crippen molar-refractivity contribution in [3.05, 3.63) is 132 Å². The number of rotatable bonds is 8. The lowest BCUT2D eigenvalue weighted by Gasteiger charge is -2.24. The van der Waals surface area contributed by atoms with Crippen LogP contribution in [0.1, 0.15) is 34.6 Å². The van der Waals surface area contributed by atoms with E-state index in [1.807, 2.05) is 135 Å². The zero-order valence-corrected chi connectivity index (χ0v) is 22.1. The molecular weight excluding hydrogens is 484 g/mol. The van der Waals surface area contributed by atoms with Crippen LogP contribution in [0.25, 0.3) is 22.6 Å². The summed E-state index contributed by atoms with van der Waals surface area (Å²) < 4.78 is 6.53. The molecular formula is C34H30N2O3. The summed E-state index contributed by atoms with van der Waals surface area (Å²) in [4.78, 5) is 32.3. The molecule has 0 bridgehead atoms. The largest absolute Gasteiger partial charge is 0.454 e. The Morgan fingerprint density at radius 3 is 1.13 bits per heavy atom. The summed E-state index contributed by atoms with van der Waals surface area (Å²) in [5, 5.41) is 0. The number of hydrogen-bond acceptors (Lipinski definition) is 3. The predicted molar refractivity (Wildman–Crippen MR) is 157 cm³/mol. The minimum absolute atomic E-state index is 0.255. The van der Waals surface area contributed by atoms with Gasteiger partial charge in [0.1, 0.15) is 11.5 Å². The standard InChI is InChI=1S/C34H30N2O3/c1-3-35(27-21-13-7-14-22-27)33(37)29-30(34(38)36(4-2)28-23-15-8-16-24-28)32(26-19-11-6-12-20-26)39-31(29)25-17-9-5-10-18-25/h5-24H,3-4H2,1-2H3. The van der Waals surface area contributed by atoms with E-state index in [4.69, 9.17) is 4.42 Å². The summed E-state index contributed by atoms with van der Waals surface area (Å²) in [5.41, 5.74) is 3.46. The van der Waals surface area contributed by atoms with Gasteiger partial charge in [0.25, 0.3) is 11.8 Å². The van der Waals surface area contributed by atoms with Gasteiger partial charge in [0, 0.05) is 35.6 Å². The first kappa shape index (κ1) is 25.7. The zero-order chi connectivity index (χ0) is 27.2. The molecule has 0 aliphatic carbocycles. The van der Waals surface area contributed by atoms with E-state index in [1.165, 1.54) is 0 Å². The van der Waals surface area contributed by atoms with Crippen molar-refractivity contribution in [1.82, 2.24) is 0 Å². The van der Waals surface area contributed by atoms with Crippen molar-refractivity contribution in [3.63, 3.8) is 0 Å². The molecule has 5 heteroatoms. The van der Waals surface area contributed by atoms with Crippen molar-refractivity contribution in [2.45, 2.75) is 13.8 Å². The maximum Gasteiger partial charge on any atom is 0.263 e. The quantitative estimate of drug-likeness (QED) is 0.211. The fourth-order valence-corrected chi connectivity index (χ4v) is 4.80. The molecule has 0 spiro atoms. The summed E-state index contributed by atoms with van der Waals surface area (Å²) in [5.74, 6) is 0.171. The van der Waals surface area contributed by atoms with E-state index in [9.17, 15) is 9.59 Å². The highest BCUT2D eigenvalue weighted by Gasteiger charge is 2.35. The molecule has 0 radical (unpaired) electrons. The van der Waals surface area contributed by atoms with Crippen molar-refractivity contribution in [3.8, 4) is 22.6 Å². The van der Waals surface area contributed by atoms with Crippen LogP contribution in [0, 0.1) is 0 Å². The molecule has 0 aliphatic heterocycles. The van der Waals surface area contributed by atoms with Gasteiger partial charge in [-0.3, -0.25) is 9.59 Å². The number of para-hydroxylation sites is 2. The smallest absolute Gasteiger partial charge is 0.263 e. The number of anilines is 2. The highest BCUT2D eigenvalue weighted by atomic mass is 16.3. The molecule has 0 aliphatic rings. The van der Waals surface area contributed by atoms with Crippen LogP contribution < -0.4 is 9.80 Å². The molecule has 39 heavy (non-hydrogen) atoms. The number of hydrogen-bond donors (Lipinski definition) is 0. The number of carbonyl (C=O) groups is 2. The molecule has 5 rings (SSSR count). The molecule has 1 aromatic heterocycles. The van der Waals surface area contributed by atoms with Crippen LogP contribution in [-0.2, 0) is 0 Å². The Labute approximate surface area is 228 Å². The SMILES string of the molecule is CCN(C(=O)c1c(-c2ccccc2)oc(-c2ccccc2)c1C(=O)N(CC)c1ccccc1)c1ccccc1. The van der Waals surface area contributed by atoms with Crippen molar-refractivity contribution in [2.24, 2.45) is 0 Å². The van der Waals surface area contributed by atoms with Crippen LogP contribution in [0.15, 0.2) is 126 Å². The molecule has 1 heterocycles. The lowest BCUT2D eigenvalue weighted by molar-refractivity contribution is 0.0957. The van der Waals surface area contributed by atoms with Gasteiger partial charge in [-0.1, -0.05) is 97.1 Å². The number of furan rings is 1. The number of benzene rings is 4. The average Bonchev–Trinajstić information content (AvgIpc) is 3.41. The van der Waals surface area contributed by atoms with Crippen LogP contribution in [0.2, 0.25) is 0 Å². The van der Waals surface area contributed by atoms with Crippen LogP contribution >= 0.6 is 0 Å². The van der Waals surface area contributed by atoms with Gasteiger partial charge in [0.05, 0.1) is 11.1 Å². The maximum atomic E-state index is 14.5. The van der Waals surface area contributed by atoms with Gasteiger partial charge < -0.3 is 14.2 Å². The Kier molecular flexibility index (Phi) is 7.69. The van der Waals surface area contributed by atoms with Gasteiger partial charge in [0.2, 0.25) is 0 Å². The van der Waals surface area contributed by atoms with Gasteiger partial charge in [0.15, 0.2) is 0 Å². The predicted octanol–water partition coefficient (Wildman–Crippen LogP) is 7.95. The summed E-state index contributed by atoms with van der Waals surface area (Å²) in [6.45, 7) is 4.70. The first-order chi connectivity index (χ1) is 19.1. The van der Waals surface area contributed by atoms with E-state index in [0.29, 0.717) is 24.6 Å². The summed E-state index contributed by atoms with van der Waals surface area (Å²) in [6.07, 6.45) is 0. The molecule has 4 aromatic carbocycles. The minimum Gasteiger partial charge on any atom is -0.454 e. The van der Waals surface area contributed by atoms with Gasteiger partial charge in [-0.05, 0) is 38.1 Å². The summed E-state index contributed by atoms with van der Waals surface area (Å²) in [6, 6.07) is 38.0. The second kappa shape index (κ2) is 11.7. The van der Waals surface area contributed by atoms with E-state index in [1.54, 1.807) is 9.80 Å². The third kappa shape index (κ3) is 5.12. The lowest BCUT2D eigenvalue weighted by Crippen LogP contribution is -2.35. The Balaban J connectivity index is 1.79. The van der Waals surface area contributed by atoms with Crippen molar-refractivity contribution in [1.29, 1.82) is 0 Å². The lowest BCUT2D eigenvalue weighted by atomic mass is 9.98. The van der Waals surface area contributed by atoms with E-state index >= 15 is 0 Å². The summed E-state index contributed by atoms with van der Waals surface area (Å²) in [7, 11) is 0. The van der Waals surface area contributed by atoms with Gasteiger partial charge in [-0.25, -0.2) is 0 Å². The zero-order valence-electron chi connectivity index (χ0n) is 22.1. The second-order valence-corrected chi connectivity index (χ2v) is 9.01. The Bertz CT molecular complexity index is 1430. The highest BCUT2D eigenvalue weighted by Crippen LogP contribution is 2.40. The minimum atomic E-state index is -0.291. The van der Waals surface area contributed by atoms with E-state index < -0.39 is 0 Å². The topological polar surface area (TPSA) is 53.8 Å². The molecule has 0 unspecified atom stereocenters. The fraction of sp³-hybridized carbons (Fsp3) is 0.118. The first-order valence-corrected chi connectivity index (χ1v) is 13.2. The van der Waals surface area contributed by atoms with Gasteiger partial charge in [-0.15, -0.1) is 0 Å². The van der Waals surface area contributed by atoms with Gasteiger partial charge in [-0.2, -0.15) is 0 Å². The van der Waals surface area contributed by atoms with Crippen molar-refractivity contribution < 1.29 is 14.0 Å². The van der Waals surface area contributed by atoms with E-state index in [0.717, 1.165) is 22.5 Å². The Morgan fingerprint density at radius 1 is 0.513 bits per heavy atom. The Morgan fingerprint density at radius 2 is 0.821 bits per heavy atom. The third-order valence-corrected chi connectivity index (χ3v) is 6.67. The molecule has 5 aromatic rings. The number of amides is 2. The molecule has 5 nitrogen and oxygen atoms in total. The monoisotopic (exact) mass is 514 g/mol. The molecule has 0 fully saturated rings.